The van der Waals surface area contributed by atoms with Crippen molar-refractivity contribution >= 4 is 52.2 Å². The molecular weight excluding hydrogens is 430 g/mol. The molecule has 6 nitrogen and oxygen atoms in total. The topological polar surface area (TPSA) is 68.7 Å². The van der Waals surface area contributed by atoms with Gasteiger partial charge in [-0.1, -0.05) is 34.8 Å². The fourth-order valence-electron chi connectivity index (χ4n) is 3.14. The molecule has 1 fully saturated rings. The van der Waals surface area contributed by atoms with E-state index in [0.717, 1.165) is 0 Å². The Balaban J connectivity index is 1.76. The van der Waals surface area contributed by atoms with Gasteiger partial charge in [-0.15, -0.1) is 0 Å². The van der Waals surface area contributed by atoms with Crippen molar-refractivity contribution in [2.24, 2.45) is 0 Å². The molecule has 1 atom stereocenters. The van der Waals surface area contributed by atoms with Gasteiger partial charge in [-0.25, -0.2) is 9.18 Å². The zero-order valence-electron chi connectivity index (χ0n) is 14.7. The molecule has 0 aliphatic carbocycles. The minimum absolute atomic E-state index is 0.0829. The van der Waals surface area contributed by atoms with Crippen molar-refractivity contribution in [3.8, 4) is 0 Å². The van der Waals surface area contributed by atoms with E-state index in [-0.39, 0.29) is 17.7 Å². The van der Waals surface area contributed by atoms with E-state index < -0.39 is 11.8 Å². The number of pyridine rings is 1. The summed E-state index contributed by atoms with van der Waals surface area (Å²) >= 11 is 18.3. The van der Waals surface area contributed by atoms with Crippen LogP contribution < -0.4 is 10.2 Å². The lowest BCUT2D eigenvalue weighted by Gasteiger charge is -2.28. The average molecular weight is 448 g/mol. The van der Waals surface area contributed by atoms with Gasteiger partial charge in [0.15, 0.2) is 0 Å². The Hall–Kier alpha value is -1.80. The molecule has 1 unspecified atom stereocenters. The molecule has 2 heterocycles. The lowest BCUT2D eigenvalue weighted by Crippen LogP contribution is -2.45. The normalized spacial score (nSPS) is 17.4. The molecule has 0 radical (unpaired) electrons. The molecule has 0 saturated carbocycles. The minimum Gasteiger partial charge on any atom is -0.394 e. The molecule has 150 valence electrons. The number of rotatable bonds is 3. The average Bonchev–Trinajstić information content (AvgIpc) is 2.87. The maximum Gasteiger partial charge on any atom is 0.322 e. The van der Waals surface area contributed by atoms with E-state index in [1.165, 1.54) is 30.6 Å². The Morgan fingerprint density at radius 3 is 2.54 bits per heavy atom. The van der Waals surface area contributed by atoms with Crippen LogP contribution in [0.4, 0.5) is 20.6 Å². The highest BCUT2D eigenvalue weighted by Crippen LogP contribution is 2.33. The number of hydrogen-bond acceptors (Lipinski definition) is 4. The van der Waals surface area contributed by atoms with Gasteiger partial charge in [0.1, 0.15) is 5.82 Å². The van der Waals surface area contributed by atoms with Gasteiger partial charge in [0.2, 0.25) is 0 Å². The van der Waals surface area contributed by atoms with Gasteiger partial charge >= 0.3 is 6.03 Å². The van der Waals surface area contributed by atoms with Crippen molar-refractivity contribution in [2.75, 3.05) is 36.5 Å². The lowest BCUT2D eigenvalue weighted by molar-refractivity contribution is 0.145. The van der Waals surface area contributed by atoms with Crippen LogP contribution in [0, 0.1) is 5.82 Å². The molecule has 1 saturated heterocycles. The highest BCUT2D eigenvalue weighted by molar-refractivity contribution is 6.38. The van der Waals surface area contributed by atoms with Gasteiger partial charge in [0.25, 0.3) is 0 Å². The number of hydrogen-bond donors (Lipinski definition) is 2. The molecule has 3 rings (SSSR count). The number of amides is 2. The van der Waals surface area contributed by atoms with Gasteiger partial charge in [0.05, 0.1) is 33.4 Å². The third kappa shape index (κ3) is 4.60. The van der Waals surface area contributed by atoms with Crippen LogP contribution in [0.15, 0.2) is 30.6 Å². The number of benzene rings is 1. The zero-order chi connectivity index (χ0) is 20.3. The largest absolute Gasteiger partial charge is 0.394 e. The molecule has 1 aromatic heterocycles. The number of carbonyl (C=O) groups is 1. The van der Waals surface area contributed by atoms with Gasteiger partial charge < -0.3 is 20.2 Å². The summed E-state index contributed by atoms with van der Waals surface area (Å²) in [6, 6.07) is 3.15. The summed E-state index contributed by atoms with van der Waals surface area (Å²) in [6.45, 7) is 1.17. The van der Waals surface area contributed by atoms with Crippen LogP contribution >= 0.6 is 34.8 Å². The molecule has 28 heavy (non-hydrogen) atoms. The molecule has 2 N–H and O–H groups in total. The summed E-state index contributed by atoms with van der Waals surface area (Å²) in [7, 11) is 0. The van der Waals surface area contributed by atoms with Gasteiger partial charge in [0, 0.05) is 37.7 Å². The number of anilines is 2. The number of halogens is 4. The van der Waals surface area contributed by atoms with E-state index in [1.54, 1.807) is 4.90 Å². The van der Waals surface area contributed by atoms with E-state index >= 15 is 0 Å². The highest BCUT2D eigenvalue weighted by Gasteiger charge is 2.29. The molecular formula is C18H18Cl3FN4O2. The van der Waals surface area contributed by atoms with E-state index in [2.05, 4.69) is 10.3 Å². The Kier molecular flexibility index (Phi) is 6.82. The third-order valence-electron chi connectivity index (χ3n) is 4.57. The quantitative estimate of drug-likeness (QED) is 0.737. The first-order valence-corrected chi connectivity index (χ1v) is 9.71. The van der Waals surface area contributed by atoms with E-state index in [9.17, 15) is 14.3 Å². The fraction of sp³-hybridized carbons (Fsp3) is 0.333. The number of carbonyl (C=O) groups excluding carboxylic acids is 1. The Morgan fingerprint density at radius 2 is 1.89 bits per heavy atom. The van der Waals surface area contributed by atoms with Crippen molar-refractivity contribution in [1.29, 1.82) is 0 Å². The number of aliphatic hydroxyl groups excluding tert-OH is 1. The summed E-state index contributed by atoms with van der Waals surface area (Å²) < 4.78 is 13.3. The van der Waals surface area contributed by atoms with Gasteiger partial charge in [-0.2, -0.15) is 0 Å². The van der Waals surface area contributed by atoms with Crippen LogP contribution in [0.2, 0.25) is 15.1 Å². The standard InChI is InChI=1S/C18H18Cl3FN4O2/c19-13-7-11(1-2-16(13)22)24-18(28)26-6-5-25(4-3-12(26)10-27)17-14(20)8-23-9-15(17)21/h1-2,7-9,12,27H,3-6,10H2,(H,24,28). The summed E-state index contributed by atoms with van der Waals surface area (Å²) in [5.74, 6) is -0.565. The smallest absolute Gasteiger partial charge is 0.322 e. The van der Waals surface area contributed by atoms with Crippen molar-refractivity contribution in [3.63, 3.8) is 0 Å². The molecule has 1 aliphatic rings. The predicted molar refractivity (Wildman–Crippen MR) is 109 cm³/mol. The SMILES string of the molecule is O=C(Nc1ccc(F)c(Cl)c1)N1CCN(c2c(Cl)cncc2Cl)CCC1CO. The second-order valence-electron chi connectivity index (χ2n) is 6.32. The van der Waals surface area contributed by atoms with Crippen molar-refractivity contribution in [1.82, 2.24) is 9.88 Å². The van der Waals surface area contributed by atoms with Crippen LogP contribution in [0.5, 0.6) is 0 Å². The van der Waals surface area contributed by atoms with E-state index in [1.807, 2.05) is 4.90 Å². The first-order chi connectivity index (χ1) is 13.4. The molecule has 2 aromatic rings. The fourth-order valence-corrected chi connectivity index (χ4v) is 3.92. The second kappa shape index (κ2) is 9.13. The van der Waals surface area contributed by atoms with Crippen molar-refractivity contribution in [3.05, 3.63) is 51.5 Å². The molecule has 1 aliphatic heterocycles. The Labute approximate surface area is 176 Å². The third-order valence-corrected chi connectivity index (χ3v) is 5.41. The van der Waals surface area contributed by atoms with Gasteiger partial charge in [-0.05, 0) is 24.6 Å². The minimum atomic E-state index is -0.565. The predicted octanol–water partition coefficient (Wildman–Crippen LogP) is 4.29. The van der Waals surface area contributed by atoms with Gasteiger partial charge in [-0.3, -0.25) is 4.98 Å². The summed E-state index contributed by atoms with van der Waals surface area (Å²) in [5, 5.41) is 13.2. The maximum atomic E-state index is 13.3. The Bertz CT molecular complexity index is 850. The zero-order valence-corrected chi connectivity index (χ0v) is 17.0. The second-order valence-corrected chi connectivity index (χ2v) is 7.54. The molecule has 0 bridgehead atoms. The lowest BCUT2D eigenvalue weighted by atomic mass is 10.2. The first kappa shape index (κ1) is 20.9. The molecule has 10 heteroatoms. The molecule has 1 aromatic carbocycles. The van der Waals surface area contributed by atoms with E-state index in [0.29, 0.717) is 47.5 Å². The maximum absolute atomic E-state index is 13.3. The molecule has 2 amide bonds. The summed E-state index contributed by atoms with van der Waals surface area (Å²) in [6.07, 6.45) is 3.54. The van der Waals surface area contributed by atoms with Crippen molar-refractivity contribution in [2.45, 2.75) is 12.5 Å². The Morgan fingerprint density at radius 1 is 1.18 bits per heavy atom. The highest BCUT2D eigenvalue weighted by atomic mass is 35.5. The van der Waals surface area contributed by atoms with Crippen LogP contribution in [-0.2, 0) is 0 Å². The van der Waals surface area contributed by atoms with Crippen LogP contribution in [0.25, 0.3) is 0 Å². The number of nitrogens with one attached hydrogen (secondary N) is 1. The number of urea groups is 1. The molecule has 0 spiro atoms. The van der Waals surface area contributed by atoms with Crippen LogP contribution in [0.3, 0.4) is 0 Å². The van der Waals surface area contributed by atoms with Crippen LogP contribution in [-0.4, -0.2) is 53.3 Å². The monoisotopic (exact) mass is 446 g/mol. The summed E-state index contributed by atoms with van der Waals surface area (Å²) in [5.41, 5.74) is 1.03. The number of nitrogens with zero attached hydrogens (tertiary/aromatic N) is 3. The van der Waals surface area contributed by atoms with Crippen molar-refractivity contribution < 1.29 is 14.3 Å². The van der Waals surface area contributed by atoms with E-state index in [4.69, 9.17) is 34.8 Å². The van der Waals surface area contributed by atoms with Crippen LogP contribution in [0.1, 0.15) is 6.42 Å². The number of aliphatic hydroxyl groups is 1. The first-order valence-electron chi connectivity index (χ1n) is 8.58. The summed E-state index contributed by atoms with van der Waals surface area (Å²) in [4.78, 5) is 20.2. The number of aromatic nitrogens is 1.